The molecule has 1 aromatic heterocycles. The van der Waals surface area contributed by atoms with Gasteiger partial charge in [-0.3, -0.25) is 4.79 Å². The third-order valence-electron chi connectivity index (χ3n) is 3.59. The number of hydrogen-bond donors (Lipinski definition) is 2. The molecule has 0 saturated heterocycles. The molecule has 2 aromatic rings. The highest BCUT2D eigenvalue weighted by Crippen LogP contribution is 2.29. The summed E-state index contributed by atoms with van der Waals surface area (Å²) in [5.41, 5.74) is 1.23. The molecule has 8 heteroatoms. The molecule has 0 unspecified atom stereocenters. The van der Waals surface area contributed by atoms with Gasteiger partial charge in [0.15, 0.2) is 6.61 Å². The molecule has 144 valence electrons. The van der Waals surface area contributed by atoms with Gasteiger partial charge in [-0.05, 0) is 37.1 Å². The fourth-order valence-electron chi connectivity index (χ4n) is 2.19. The molecule has 27 heavy (non-hydrogen) atoms. The van der Waals surface area contributed by atoms with E-state index in [0.29, 0.717) is 17.0 Å². The zero-order valence-electron chi connectivity index (χ0n) is 15.1. The van der Waals surface area contributed by atoms with Crippen LogP contribution in [0.1, 0.15) is 45.0 Å². The Labute approximate surface area is 160 Å². The number of anilines is 1. The quantitative estimate of drug-likeness (QED) is 0.671. The molecule has 7 nitrogen and oxygen atoms in total. The largest absolute Gasteiger partial charge is 0.462 e. The van der Waals surface area contributed by atoms with E-state index in [-0.39, 0.29) is 24.3 Å². The summed E-state index contributed by atoms with van der Waals surface area (Å²) < 4.78 is 9.99. The monoisotopic (exact) mass is 391 g/mol. The Bertz CT molecular complexity index is 812. The van der Waals surface area contributed by atoms with Crippen molar-refractivity contribution in [3.05, 3.63) is 51.9 Å². The molecule has 1 amide bonds. The van der Waals surface area contributed by atoms with Crippen LogP contribution < -0.4 is 5.32 Å². The summed E-state index contributed by atoms with van der Waals surface area (Å²) in [6.45, 7) is 3.27. The van der Waals surface area contributed by atoms with Crippen molar-refractivity contribution in [1.29, 1.82) is 0 Å². The second-order valence-corrected chi connectivity index (χ2v) is 6.65. The van der Waals surface area contributed by atoms with Gasteiger partial charge >= 0.3 is 11.9 Å². The number of benzene rings is 1. The Kier molecular flexibility index (Phi) is 7.51. The minimum Gasteiger partial charge on any atom is -0.462 e. The van der Waals surface area contributed by atoms with E-state index < -0.39 is 24.5 Å². The third kappa shape index (κ3) is 5.63. The van der Waals surface area contributed by atoms with Gasteiger partial charge < -0.3 is 19.9 Å². The summed E-state index contributed by atoms with van der Waals surface area (Å²) >= 11 is 1.28. The second-order valence-electron chi connectivity index (χ2n) is 5.51. The fraction of sp³-hybridized carbons (Fsp3) is 0.316. The third-order valence-corrected chi connectivity index (χ3v) is 4.78. The molecule has 0 fully saturated rings. The van der Waals surface area contributed by atoms with E-state index in [9.17, 15) is 14.4 Å². The summed E-state index contributed by atoms with van der Waals surface area (Å²) in [6, 6.07) is 7.91. The Morgan fingerprint density at radius 3 is 2.37 bits per heavy atom. The first-order chi connectivity index (χ1) is 13.0. The van der Waals surface area contributed by atoms with Crippen LogP contribution in [0.25, 0.3) is 0 Å². The van der Waals surface area contributed by atoms with Gasteiger partial charge in [0, 0.05) is 4.88 Å². The van der Waals surface area contributed by atoms with Gasteiger partial charge in [-0.2, -0.15) is 0 Å². The number of carbonyl (C=O) groups is 3. The molecule has 0 aliphatic rings. The first-order valence-electron chi connectivity index (χ1n) is 8.45. The van der Waals surface area contributed by atoms with Crippen LogP contribution in [0, 0.1) is 0 Å². The van der Waals surface area contributed by atoms with Crippen molar-refractivity contribution in [2.45, 2.75) is 26.9 Å². The van der Waals surface area contributed by atoms with Crippen molar-refractivity contribution in [3.8, 4) is 0 Å². The number of amides is 1. The van der Waals surface area contributed by atoms with Gasteiger partial charge in [0.25, 0.3) is 5.91 Å². The van der Waals surface area contributed by atoms with Crippen LogP contribution in [0.5, 0.6) is 0 Å². The molecule has 0 spiro atoms. The minimum atomic E-state index is -0.652. The Morgan fingerprint density at radius 2 is 1.78 bits per heavy atom. The number of rotatable bonds is 8. The highest BCUT2D eigenvalue weighted by Gasteiger charge is 2.19. The lowest BCUT2D eigenvalue weighted by atomic mass is 10.1. The molecule has 0 saturated carbocycles. The molecular formula is C19H21NO6S. The van der Waals surface area contributed by atoms with E-state index >= 15 is 0 Å². The number of ether oxygens (including phenoxy) is 2. The summed E-state index contributed by atoms with van der Waals surface area (Å²) in [5.74, 6) is -1.71. The predicted octanol–water partition coefficient (Wildman–Crippen LogP) is 2.78. The first kappa shape index (κ1) is 20.6. The maximum Gasteiger partial charge on any atom is 0.341 e. The maximum atomic E-state index is 12.1. The van der Waals surface area contributed by atoms with E-state index in [0.717, 1.165) is 4.88 Å². The summed E-state index contributed by atoms with van der Waals surface area (Å²) in [7, 11) is 0. The van der Waals surface area contributed by atoms with Gasteiger partial charge in [-0.25, -0.2) is 9.59 Å². The molecule has 1 aromatic carbocycles. The lowest BCUT2D eigenvalue weighted by Gasteiger charge is -2.07. The molecular weight excluding hydrogens is 370 g/mol. The van der Waals surface area contributed by atoms with Gasteiger partial charge in [0.05, 0.1) is 24.3 Å². The van der Waals surface area contributed by atoms with Crippen LogP contribution in [0.3, 0.4) is 0 Å². The molecule has 0 radical (unpaired) electrons. The first-order valence-corrected chi connectivity index (χ1v) is 9.26. The van der Waals surface area contributed by atoms with Gasteiger partial charge in [0.1, 0.15) is 5.00 Å². The average Bonchev–Trinajstić information content (AvgIpc) is 3.09. The van der Waals surface area contributed by atoms with Crippen molar-refractivity contribution in [3.63, 3.8) is 0 Å². The normalized spacial score (nSPS) is 10.3. The fourth-order valence-corrected chi connectivity index (χ4v) is 3.19. The van der Waals surface area contributed by atoms with Crippen molar-refractivity contribution >= 4 is 34.2 Å². The molecule has 0 bridgehead atoms. The molecule has 0 aliphatic heterocycles. The van der Waals surface area contributed by atoms with Crippen LogP contribution in [0.4, 0.5) is 5.00 Å². The average molecular weight is 391 g/mol. The topological polar surface area (TPSA) is 102 Å². The van der Waals surface area contributed by atoms with Gasteiger partial charge in [0.2, 0.25) is 0 Å². The van der Waals surface area contributed by atoms with Crippen LogP contribution in [0.15, 0.2) is 30.3 Å². The predicted molar refractivity (Wildman–Crippen MR) is 101 cm³/mol. The van der Waals surface area contributed by atoms with Crippen LogP contribution in [0.2, 0.25) is 0 Å². The Balaban J connectivity index is 1.97. The van der Waals surface area contributed by atoms with Crippen LogP contribution >= 0.6 is 11.3 Å². The maximum absolute atomic E-state index is 12.1. The van der Waals surface area contributed by atoms with E-state index in [4.69, 9.17) is 14.6 Å². The standard InChI is InChI=1S/C19H21NO6S/c1-3-14-9-15(19(24)25-4-2)17(27-14)20-16(22)11-26-18(23)13-7-5-12(10-21)6-8-13/h5-9,21H,3-4,10-11H2,1-2H3,(H,20,22). The zero-order chi connectivity index (χ0) is 19.8. The van der Waals surface area contributed by atoms with Crippen LogP contribution in [-0.4, -0.2) is 36.2 Å². The van der Waals surface area contributed by atoms with Crippen molar-refractivity contribution in [2.24, 2.45) is 0 Å². The smallest absolute Gasteiger partial charge is 0.341 e. The molecule has 2 N–H and O–H groups in total. The number of esters is 2. The summed E-state index contributed by atoms with van der Waals surface area (Å²) in [5, 5.41) is 12.0. The van der Waals surface area contributed by atoms with Crippen LogP contribution in [-0.2, 0) is 27.3 Å². The van der Waals surface area contributed by atoms with Crippen molar-refractivity contribution < 1.29 is 29.0 Å². The second kappa shape index (κ2) is 9.84. The highest BCUT2D eigenvalue weighted by atomic mass is 32.1. The van der Waals surface area contributed by atoms with Gasteiger partial charge in [-0.15, -0.1) is 11.3 Å². The number of aryl methyl sites for hydroxylation is 1. The van der Waals surface area contributed by atoms with E-state index in [1.54, 1.807) is 25.1 Å². The van der Waals surface area contributed by atoms with E-state index in [2.05, 4.69) is 5.32 Å². The van der Waals surface area contributed by atoms with Crippen molar-refractivity contribution in [2.75, 3.05) is 18.5 Å². The van der Waals surface area contributed by atoms with Gasteiger partial charge in [-0.1, -0.05) is 19.1 Å². The summed E-state index contributed by atoms with van der Waals surface area (Å²) in [6.07, 6.45) is 0.714. The lowest BCUT2D eigenvalue weighted by Crippen LogP contribution is -2.21. The number of hydrogen-bond acceptors (Lipinski definition) is 7. The molecule has 0 aliphatic carbocycles. The Hall–Kier alpha value is -2.71. The number of carbonyl (C=O) groups excluding carboxylic acids is 3. The van der Waals surface area contributed by atoms with E-state index in [1.807, 2.05) is 6.92 Å². The molecule has 2 rings (SSSR count). The SMILES string of the molecule is CCOC(=O)c1cc(CC)sc1NC(=O)COC(=O)c1ccc(CO)cc1. The highest BCUT2D eigenvalue weighted by molar-refractivity contribution is 7.16. The number of aliphatic hydroxyl groups excluding tert-OH is 1. The van der Waals surface area contributed by atoms with Crippen molar-refractivity contribution in [1.82, 2.24) is 0 Å². The molecule has 0 atom stereocenters. The lowest BCUT2D eigenvalue weighted by molar-refractivity contribution is -0.119. The summed E-state index contributed by atoms with van der Waals surface area (Å²) in [4.78, 5) is 37.0. The zero-order valence-corrected chi connectivity index (χ0v) is 15.9. The number of aliphatic hydroxyl groups is 1. The van der Waals surface area contributed by atoms with E-state index in [1.165, 1.54) is 23.5 Å². The number of thiophene rings is 1. The Morgan fingerprint density at radius 1 is 1.07 bits per heavy atom. The number of nitrogens with one attached hydrogen (secondary N) is 1. The minimum absolute atomic E-state index is 0.124. The molecule has 1 heterocycles.